The average Bonchev–Trinajstić information content (AvgIpc) is 3.13. The summed E-state index contributed by atoms with van der Waals surface area (Å²) < 4.78 is 11.6. The number of methoxy groups -OCH3 is 1. The third-order valence-electron chi connectivity index (χ3n) is 11.4. The zero-order chi connectivity index (χ0) is 24.6. The van der Waals surface area contributed by atoms with Gasteiger partial charge in [0.25, 0.3) is 0 Å². The maximum atomic E-state index is 11.9. The molecule has 4 saturated carbocycles. The first kappa shape index (κ1) is 26.5. The summed E-state index contributed by atoms with van der Waals surface area (Å²) in [6.45, 7) is 8.81. The van der Waals surface area contributed by atoms with E-state index in [0.717, 1.165) is 31.6 Å². The molecule has 196 valence electrons. The molecule has 0 aromatic rings. The van der Waals surface area contributed by atoms with E-state index in [0.29, 0.717) is 23.2 Å². The molecule has 9 atom stereocenters. The fraction of sp³-hybridized carbons (Fsp3) is 0.967. The van der Waals surface area contributed by atoms with Crippen LogP contribution in [0.4, 0.5) is 0 Å². The zero-order valence-corrected chi connectivity index (χ0v) is 22.7. The van der Waals surface area contributed by atoms with Crippen molar-refractivity contribution in [3.05, 3.63) is 0 Å². The maximum absolute atomic E-state index is 11.9. The summed E-state index contributed by atoms with van der Waals surface area (Å²) in [6, 6.07) is 0. The molecule has 4 aliphatic rings. The summed E-state index contributed by atoms with van der Waals surface area (Å²) in [7, 11) is 1.69. The van der Waals surface area contributed by atoms with Crippen LogP contribution in [-0.2, 0) is 14.3 Å². The standard InChI is InChI=1S/C30H52O4/c1-6-7-8-9-10-11-12-22-13-14-25-24-20-30(32,33-5)27-19-23(34-21(2)31)15-17-29(27,4)26(24)16-18-28(22,25)3/h22-27,32H,6-20H2,1-5H3/t22-,23-,24-,25-,26-,27-,28+,29+,30+/m0/s1. The predicted octanol–water partition coefficient (Wildman–Crippen LogP) is 7.27. The Bertz CT molecular complexity index is 708. The van der Waals surface area contributed by atoms with Gasteiger partial charge in [0.15, 0.2) is 5.79 Å². The highest BCUT2D eigenvalue weighted by Gasteiger charge is 2.66. The van der Waals surface area contributed by atoms with Crippen LogP contribution in [0.25, 0.3) is 0 Å². The van der Waals surface area contributed by atoms with Crippen LogP contribution in [0, 0.1) is 40.4 Å². The molecule has 0 aromatic heterocycles. The number of hydrogen-bond donors (Lipinski definition) is 1. The summed E-state index contributed by atoms with van der Waals surface area (Å²) >= 11 is 0. The van der Waals surface area contributed by atoms with Crippen molar-refractivity contribution in [2.45, 2.75) is 136 Å². The van der Waals surface area contributed by atoms with Gasteiger partial charge in [-0.05, 0) is 85.9 Å². The van der Waals surface area contributed by atoms with Crippen molar-refractivity contribution < 1.29 is 19.4 Å². The van der Waals surface area contributed by atoms with Crippen molar-refractivity contribution >= 4 is 5.97 Å². The number of rotatable bonds is 9. The van der Waals surface area contributed by atoms with Gasteiger partial charge in [0.05, 0.1) is 0 Å². The van der Waals surface area contributed by atoms with E-state index in [2.05, 4.69) is 20.8 Å². The van der Waals surface area contributed by atoms with E-state index in [1.807, 2.05) is 0 Å². The molecule has 0 heterocycles. The second-order valence-electron chi connectivity index (χ2n) is 13.1. The Kier molecular flexibility index (Phi) is 8.09. The highest BCUT2D eigenvalue weighted by atomic mass is 16.6. The number of esters is 1. The largest absolute Gasteiger partial charge is 0.463 e. The summed E-state index contributed by atoms with van der Waals surface area (Å²) in [5, 5.41) is 11.9. The van der Waals surface area contributed by atoms with Crippen molar-refractivity contribution in [3.8, 4) is 0 Å². The molecule has 0 saturated heterocycles. The lowest BCUT2D eigenvalue weighted by Gasteiger charge is -2.64. The van der Waals surface area contributed by atoms with Gasteiger partial charge in [-0.25, -0.2) is 0 Å². The topological polar surface area (TPSA) is 55.8 Å². The fourth-order valence-electron chi connectivity index (χ4n) is 9.63. The minimum absolute atomic E-state index is 0.0361. The molecule has 0 radical (unpaired) electrons. The average molecular weight is 477 g/mol. The molecular weight excluding hydrogens is 424 g/mol. The molecule has 0 bridgehead atoms. The van der Waals surface area contributed by atoms with Crippen LogP contribution >= 0.6 is 0 Å². The van der Waals surface area contributed by atoms with E-state index < -0.39 is 5.79 Å². The highest BCUT2D eigenvalue weighted by Crippen LogP contribution is 2.69. The van der Waals surface area contributed by atoms with Crippen molar-refractivity contribution in [2.75, 3.05) is 7.11 Å². The summed E-state index contributed by atoms with van der Waals surface area (Å²) in [5.41, 5.74) is 0.487. The van der Waals surface area contributed by atoms with Gasteiger partial charge in [0.1, 0.15) is 6.10 Å². The SMILES string of the molecule is CCCCCCCC[C@H]1CC[C@H]2[C@@H]3C[C@@](O)(OC)[C@H]4C[C@@H](OC(C)=O)CC[C@]4(C)[C@H]3CC[C@]12C. The molecule has 0 amide bonds. The number of ether oxygens (including phenoxy) is 2. The lowest BCUT2D eigenvalue weighted by atomic mass is 9.43. The molecule has 4 heteroatoms. The van der Waals surface area contributed by atoms with Crippen molar-refractivity contribution in [1.29, 1.82) is 0 Å². The number of carbonyl (C=O) groups is 1. The van der Waals surface area contributed by atoms with Crippen molar-refractivity contribution in [3.63, 3.8) is 0 Å². The molecular formula is C30H52O4. The Hall–Kier alpha value is -0.610. The Balaban J connectivity index is 1.47. The van der Waals surface area contributed by atoms with E-state index >= 15 is 0 Å². The Morgan fingerprint density at radius 3 is 2.32 bits per heavy atom. The molecule has 4 nitrogen and oxygen atoms in total. The van der Waals surface area contributed by atoms with Crippen LogP contribution in [-0.4, -0.2) is 30.1 Å². The first-order valence-electron chi connectivity index (χ1n) is 14.6. The Labute approximate surface area is 208 Å². The third kappa shape index (κ3) is 4.72. The lowest BCUT2D eigenvalue weighted by molar-refractivity contribution is -0.313. The van der Waals surface area contributed by atoms with E-state index in [1.165, 1.54) is 77.6 Å². The predicted molar refractivity (Wildman–Crippen MR) is 136 cm³/mol. The number of unbranched alkanes of at least 4 members (excludes halogenated alkanes) is 5. The highest BCUT2D eigenvalue weighted by molar-refractivity contribution is 5.66. The number of carbonyl (C=O) groups excluding carboxylic acids is 1. The van der Waals surface area contributed by atoms with Gasteiger partial charge < -0.3 is 14.6 Å². The van der Waals surface area contributed by atoms with Crippen LogP contribution < -0.4 is 0 Å². The number of aliphatic hydroxyl groups is 1. The smallest absolute Gasteiger partial charge is 0.302 e. The molecule has 4 rings (SSSR count). The van der Waals surface area contributed by atoms with Crippen LogP contribution in [0.2, 0.25) is 0 Å². The summed E-state index contributed by atoms with van der Waals surface area (Å²) in [4.78, 5) is 11.6. The molecule has 4 fully saturated rings. The monoisotopic (exact) mass is 476 g/mol. The first-order chi connectivity index (χ1) is 16.2. The zero-order valence-electron chi connectivity index (χ0n) is 22.7. The summed E-state index contributed by atoms with van der Waals surface area (Å²) in [6.07, 6.45) is 18.4. The third-order valence-corrected chi connectivity index (χ3v) is 11.4. The van der Waals surface area contributed by atoms with Crippen molar-refractivity contribution in [1.82, 2.24) is 0 Å². The minimum atomic E-state index is -1.11. The Morgan fingerprint density at radius 2 is 1.62 bits per heavy atom. The minimum Gasteiger partial charge on any atom is -0.463 e. The molecule has 0 spiro atoms. The molecule has 1 N–H and O–H groups in total. The first-order valence-corrected chi connectivity index (χ1v) is 14.6. The second-order valence-corrected chi connectivity index (χ2v) is 13.1. The molecule has 0 unspecified atom stereocenters. The molecule has 0 aliphatic heterocycles. The van der Waals surface area contributed by atoms with E-state index in [1.54, 1.807) is 7.11 Å². The second kappa shape index (κ2) is 10.4. The van der Waals surface area contributed by atoms with Gasteiger partial charge in [0.2, 0.25) is 0 Å². The van der Waals surface area contributed by atoms with E-state index in [4.69, 9.17) is 9.47 Å². The van der Waals surface area contributed by atoms with Gasteiger partial charge in [-0.3, -0.25) is 4.79 Å². The van der Waals surface area contributed by atoms with Crippen LogP contribution in [0.1, 0.15) is 124 Å². The number of fused-ring (bicyclic) bond motifs is 5. The quantitative estimate of drug-likeness (QED) is 0.216. The maximum Gasteiger partial charge on any atom is 0.302 e. The van der Waals surface area contributed by atoms with E-state index in [-0.39, 0.29) is 23.4 Å². The normalized spacial score (nSPS) is 45.8. The van der Waals surface area contributed by atoms with Gasteiger partial charge in [0, 0.05) is 26.4 Å². The molecule has 34 heavy (non-hydrogen) atoms. The van der Waals surface area contributed by atoms with Gasteiger partial charge in [-0.2, -0.15) is 0 Å². The van der Waals surface area contributed by atoms with Crippen molar-refractivity contribution in [2.24, 2.45) is 40.4 Å². The van der Waals surface area contributed by atoms with E-state index in [9.17, 15) is 9.90 Å². The lowest BCUT2D eigenvalue weighted by Crippen LogP contribution is -2.63. The van der Waals surface area contributed by atoms with Crippen LogP contribution in [0.5, 0.6) is 0 Å². The Morgan fingerprint density at radius 1 is 0.941 bits per heavy atom. The van der Waals surface area contributed by atoms with Crippen LogP contribution in [0.3, 0.4) is 0 Å². The molecule has 4 aliphatic carbocycles. The van der Waals surface area contributed by atoms with Gasteiger partial charge in [-0.15, -0.1) is 0 Å². The molecule has 0 aromatic carbocycles. The fourth-order valence-corrected chi connectivity index (χ4v) is 9.63. The van der Waals surface area contributed by atoms with Crippen LogP contribution in [0.15, 0.2) is 0 Å². The number of hydrogen-bond acceptors (Lipinski definition) is 4. The summed E-state index contributed by atoms with van der Waals surface area (Å²) in [5.74, 6) is 1.48. The van der Waals surface area contributed by atoms with Gasteiger partial charge >= 0.3 is 5.97 Å². The van der Waals surface area contributed by atoms with Gasteiger partial charge in [-0.1, -0.05) is 59.3 Å².